The van der Waals surface area contributed by atoms with Crippen LogP contribution in [0.5, 0.6) is 0 Å². The molecule has 0 spiro atoms. The molecular weight excluding hydrogens is 339 g/mol. The fourth-order valence-electron chi connectivity index (χ4n) is 3.41. The van der Waals surface area contributed by atoms with Gasteiger partial charge in [0.15, 0.2) is 8.03 Å². The lowest BCUT2D eigenvalue weighted by Gasteiger charge is -2.19. The minimum atomic E-state index is -2.38. The monoisotopic (exact) mass is 374 g/mol. The van der Waals surface area contributed by atoms with Crippen LogP contribution in [0.3, 0.4) is 0 Å². The summed E-state index contributed by atoms with van der Waals surface area (Å²) in [5, 5.41) is 30.4. The number of unbranched alkanes of at least 4 members (excludes halogenated alkanes) is 3. The van der Waals surface area contributed by atoms with Gasteiger partial charge >= 0.3 is 0 Å². The van der Waals surface area contributed by atoms with Crippen LogP contribution in [0.4, 0.5) is 0 Å². The molecule has 0 aromatic heterocycles. The third kappa shape index (κ3) is 9.16. The zero-order valence-corrected chi connectivity index (χ0v) is 16.3. The number of allylic oxidation sites excluding steroid dienone is 2. The molecule has 1 saturated carbocycles. The van der Waals surface area contributed by atoms with Gasteiger partial charge in [-0.3, -0.25) is 4.57 Å². The number of aliphatic hydroxyl groups is 3. The summed E-state index contributed by atoms with van der Waals surface area (Å²) in [5.41, 5.74) is 0. The molecule has 0 radical (unpaired) electrons. The molecule has 25 heavy (non-hydrogen) atoms. The molecule has 0 amide bonds. The molecule has 4 N–H and O–H groups in total. The summed E-state index contributed by atoms with van der Waals surface area (Å²) in [7, 11) is -2.38. The van der Waals surface area contributed by atoms with E-state index in [0.29, 0.717) is 25.4 Å². The van der Waals surface area contributed by atoms with Crippen LogP contribution < -0.4 is 0 Å². The van der Waals surface area contributed by atoms with E-state index in [-0.39, 0.29) is 11.8 Å². The van der Waals surface area contributed by atoms with Crippen molar-refractivity contribution in [2.45, 2.75) is 76.6 Å². The van der Waals surface area contributed by atoms with Gasteiger partial charge < -0.3 is 20.2 Å². The summed E-state index contributed by atoms with van der Waals surface area (Å²) in [6.07, 6.45) is 12.7. The maximum absolute atomic E-state index is 10.6. The summed E-state index contributed by atoms with van der Waals surface area (Å²) < 4.78 is 10.6. The van der Waals surface area contributed by atoms with E-state index >= 15 is 0 Å². The highest BCUT2D eigenvalue weighted by atomic mass is 31.1. The first-order valence-electron chi connectivity index (χ1n) is 9.55. The minimum Gasteiger partial charge on any atom is -0.393 e. The van der Waals surface area contributed by atoms with Gasteiger partial charge in [-0.25, -0.2) is 0 Å². The van der Waals surface area contributed by atoms with Crippen LogP contribution in [0.1, 0.15) is 58.3 Å². The standard InChI is InChI=1S/C19H35O5P/c1-2-3-6-9-15(20)11-12-17-16(18(21)14-19(17)22)10-7-4-5-8-13-25(23)24/h4,7,11-12,15-22,25H,2-3,5-6,8-10,13-14H2,1H3,(H,23,24)/b7-4-,12-11+/t15?,16?,17-,18+,19-/m1/s1. The number of aliphatic hydroxyl groups excluding tert-OH is 3. The Morgan fingerprint density at radius 3 is 2.60 bits per heavy atom. The predicted molar refractivity (Wildman–Crippen MR) is 102 cm³/mol. The first kappa shape index (κ1) is 22.6. The Morgan fingerprint density at radius 1 is 1.16 bits per heavy atom. The normalized spacial score (nSPS) is 29.6. The summed E-state index contributed by atoms with van der Waals surface area (Å²) >= 11 is 0. The molecule has 1 aliphatic carbocycles. The van der Waals surface area contributed by atoms with E-state index in [4.69, 9.17) is 4.89 Å². The average Bonchev–Trinajstić information content (AvgIpc) is 2.82. The molecule has 0 aliphatic heterocycles. The second-order valence-corrected chi connectivity index (χ2v) is 8.34. The maximum atomic E-state index is 10.6. The van der Waals surface area contributed by atoms with Gasteiger partial charge in [0.2, 0.25) is 0 Å². The molecule has 1 aliphatic rings. The smallest absolute Gasteiger partial charge is 0.189 e. The Hall–Kier alpha value is -0.450. The van der Waals surface area contributed by atoms with Crippen molar-refractivity contribution >= 4 is 8.03 Å². The van der Waals surface area contributed by atoms with Gasteiger partial charge in [-0.15, -0.1) is 0 Å². The zero-order chi connectivity index (χ0) is 18.7. The van der Waals surface area contributed by atoms with E-state index in [1.165, 1.54) is 0 Å². The van der Waals surface area contributed by atoms with Crippen LogP contribution >= 0.6 is 8.03 Å². The van der Waals surface area contributed by atoms with Crippen LogP contribution in [0.15, 0.2) is 24.3 Å². The highest BCUT2D eigenvalue weighted by Crippen LogP contribution is 2.36. The maximum Gasteiger partial charge on any atom is 0.189 e. The molecule has 5 nitrogen and oxygen atoms in total. The summed E-state index contributed by atoms with van der Waals surface area (Å²) in [4.78, 5) is 8.79. The average molecular weight is 374 g/mol. The van der Waals surface area contributed by atoms with Crippen LogP contribution in [-0.4, -0.2) is 44.7 Å². The van der Waals surface area contributed by atoms with E-state index in [2.05, 4.69) is 6.92 Å². The van der Waals surface area contributed by atoms with Gasteiger partial charge in [-0.2, -0.15) is 0 Å². The second-order valence-electron chi connectivity index (χ2n) is 7.05. The summed E-state index contributed by atoms with van der Waals surface area (Å²) in [6.45, 7) is 2.13. The van der Waals surface area contributed by atoms with Gasteiger partial charge in [0.25, 0.3) is 0 Å². The van der Waals surface area contributed by atoms with E-state index in [9.17, 15) is 19.9 Å². The van der Waals surface area contributed by atoms with E-state index in [1.54, 1.807) is 6.08 Å². The third-order valence-electron chi connectivity index (χ3n) is 4.91. The molecule has 0 saturated heterocycles. The Labute approximate surface area is 152 Å². The van der Waals surface area contributed by atoms with Crippen LogP contribution in [0, 0.1) is 11.8 Å². The fraction of sp³-hybridized carbons (Fsp3) is 0.789. The minimum absolute atomic E-state index is 0.0534. The van der Waals surface area contributed by atoms with E-state index in [0.717, 1.165) is 32.1 Å². The van der Waals surface area contributed by atoms with Crippen molar-refractivity contribution < 1.29 is 24.8 Å². The molecule has 1 rings (SSSR count). The van der Waals surface area contributed by atoms with Gasteiger partial charge in [-0.1, -0.05) is 50.5 Å². The molecule has 0 aromatic rings. The molecule has 146 valence electrons. The zero-order valence-electron chi connectivity index (χ0n) is 15.3. The van der Waals surface area contributed by atoms with Crippen LogP contribution in [0.25, 0.3) is 0 Å². The van der Waals surface area contributed by atoms with Crippen LogP contribution in [0.2, 0.25) is 0 Å². The van der Waals surface area contributed by atoms with Crippen molar-refractivity contribution in [2.75, 3.05) is 6.16 Å². The Morgan fingerprint density at radius 2 is 1.92 bits per heavy atom. The van der Waals surface area contributed by atoms with Gasteiger partial charge in [0, 0.05) is 18.5 Å². The Kier molecular flexibility index (Phi) is 11.6. The van der Waals surface area contributed by atoms with Crippen molar-refractivity contribution in [1.82, 2.24) is 0 Å². The van der Waals surface area contributed by atoms with Gasteiger partial charge in [-0.05, 0) is 31.6 Å². The number of hydrogen-bond donors (Lipinski definition) is 4. The number of hydrogen-bond acceptors (Lipinski definition) is 4. The van der Waals surface area contributed by atoms with Crippen molar-refractivity contribution in [3.05, 3.63) is 24.3 Å². The van der Waals surface area contributed by atoms with Crippen molar-refractivity contribution in [2.24, 2.45) is 11.8 Å². The number of rotatable bonds is 12. The van der Waals surface area contributed by atoms with E-state index < -0.39 is 26.3 Å². The lowest BCUT2D eigenvalue weighted by Crippen LogP contribution is -2.20. The highest BCUT2D eigenvalue weighted by Gasteiger charge is 2.39. The molecule has 6 atom stereocenters. The molecule has 3 unspecified atom stereocenters. The lowest BCUT2D eigenvalue weighted by atomic mass is 9.89. The van der Waals surface area contributed by atoms with Crippen molar-refractivity contribution in [3.8, 4) is 0 Å². The quantitative estimate of drug-likeness (QED) is 0.239. The third-order valence-corrected chi connectivity index (χ3v) is 5.69. The molecule has 6 heteroatoms. The SMILES string of the molecule is CCCCCC(O)/C=C/[C@@H]1C(C/C=C\CCC[PH](=O)O)[C@@H](O)C[C@H]1O. The summed E-state index contributed by atoms with van der Waals surface area (Å²) in [5.74, 6) is -0.198. The molecule has 0 bridgehead atoms. The van der Waals surface area contributed by atoms with Crippen LogP contribution in [-0.2, 0) is 4.57 Å². The molecule has 1 fully saturated rings. The van der Waals surface area contributed by atoms with Gasteiger partial charge in [0.05, 0.1) is 18.3 Å². The lowest BCUT2D eigenvalue weighted by molar-refractivity contribution is 0.120. The fourth-order valence-corrected chi connectivity index (χ4v) is 3.91. The van der Waals surface area contributed by atoms with Crippen molar-refractivity contribution in [1.29, 1.82) is 0 Å². The first-order valence-corrected chi connectivity index (χ1v) is 11.1. The topological polar surface area (TPSA) is 98.0 Å². The predicted octanol–water partition coefficient (Wildman–Crippen LogP) is 3.04. The van der Waals surface area contributed by atoms with Gasteiger partial charge in [0.1, 0.15) is 0 Å². The Bertz CT molecular complexity index is 438. The first-order chi connectivity index (χ1) is 12.0. The highest BCUT2D eigenvalue weighted by molar-refractivity contribution is 7.37. The molecule has 0 heterocycles. The molecular formula is C19H35O5P. The van der Waals surface area contributed by atoms with E-state index in [1.807, 2.05) is 18.2 Å². The largest absolute Gasteiger partial charge is 0.393 e. The Balaban J connectivity index is 2.46. The second kappa shape index (κ2) is 12.8. The molecule has 0 aromatic carbocycles. The summed E-state index contributed by atoms with van der Waals surface area (Å²) in [6, 6.07) is 0. The van der Waals surface area contributed by atoms with Crippen molar-refractivity contribution in [3.63, 3.8) is 0 Å².